The van der Waals surface area contributed by atoms with Crippen molar-refractivity contribution >= 4 is 34.5 Å². The summed E-state index contributed by atoms with van der Waals surface area (Å²) in [5.41, 5.74) is 1.79. The molecule has 1 aromatic heterocycles. The van der Waals surface area contributed by atoms with Gasteiger partial charge in [0, 0.05) is 53.7 Å². The van der Waals surface area contributed by atoms with Crippen molar-refractivity contribution < 1.29 is 9.59 Å². The molecule has 1 saturated heterocycles. The first-order valence-electron chi connectivity index (χ1n) is 10.9. The highest BCUT2D eigenvalue weighted by molar-refractivity contribution is 8.00. The van der Waals surface area contributed by atoms with Crippen LogP contribution in [0.4, 0.5) is 0 Å². The summed E-state index contributed by atoms with van der Waals surface area (Å²) in [7, 11) is 0. The number of rotatable bonds is 7. The summed E-state index contributed by atoms with van der Waals surface area (Å²) < 4.78 is 2.16. The summed E-state index contributed by atoms with van der Waals surface area (Å²) in [4.78, 5) is 28.1. The quantitative estimate of drug-likeness (QED) is 0.559. The molecule has 0 spiro atoms. The van der Waals surface area contributed by atoms with Crippen LogP contribution >= 0.6 is 11.8 Å². The number of carbonyl (C=O) groups excluding carboxylic acids is 2. The molecule has 2 heterocycles. The Morgan fingerprint density at radius 3 is 2.52 bits per heavy atom. The second kappa shape index (κ2) is 10.1. The van der Waals surface area contributed by atoms with E-state index in [1.165, 1.54) is 0 Å². The number of aromatic nitrogens is 1. The minimum atomic E-state index is -0.0619. The van der Waals surface area contributed by atoms with Gasteiger partial charge in [-0.2, -0.15) is 0 Å². The smallest absolute Gasteiger partial charge is 0.251 e. The molecule has 4 rings (SSSR count). The first-order valence-corrected chi connectivity index (χ1v) is 11.9. The molecule has 0 bridgehead atoms. The number of piperidine rings is 1. The Morgan fingerprint density at radius 1 is 1.03 bits per heavy atom. The molecule has 1 aliphatic rings. The average Bonchev–Trinajstić information content (AvgIpc) is 3.16. The van der Waals surface area contributed by atoms with Gasteiger partial charge in [0.25, 0.3) is 5.91 Å². The lowest BCUT2D eigenvalue weighted by molar-refractivity contribution is -0.129. The molecule has 0 saturated carbocycles. The van der Waals surface area contributed by atoms with Gasteiger partial charge in [0.05, 0.1) is 5.75 Å². The van der Waals surface area contributed by atoms with Gasteiger partial charge in [0.15, 0.2) is 0 Å². The van der Waals surface area contributed by atoms with Crippen LogP contribution in [0.2, 0.25) is 0 Å². The maximum absolute atomic E-state index is 12.7. The number of fused-ring (bicyclic) bond motifs is 1. The van der Waals surface area contributed by atoms with Gasteiger partial charge in [0.1, 0.15) is 0 Å². The van der Waals surface area contributed by atoms with E-state index in [4.69, 9.17) is 0 Å². The fourth-order valence-corrected chi connectivity index (χ4v) is 4.97. The van der Waals surface area contributed by atoms with Crippen LogP contribution in [0.3, 0.4) is 0 Å². The Kier molecular flexibility index (Phi) is 6.97. The molecule has 6 heteroatoms. The molecule has 0 atom stereocenters. The Hall–Kier alpha value is -2.73. The van der Waals surface area contributed by atoms with E-state index in [2.05, 4.69) is 35.1 Å². The molecule has 0 radical (unpaired) electrons. The van der Waals surface area contributed by atoms with Gasteiger partial charge in [-0.05, 0) is 37.0 Å². The molecule has 5 nitrogen and oxygen atoms in total. The fourth-order valence-electron chi connectivity index (χ4n) is 3.98. The van der Waals surface area contributed by atoms with Crippen LogP contribution in [0.5, 0.6) is 0 Å². The Balaban J connectivity index is 1.38. The highest BCUT2D eigenvalue weighted by Gasteiger charge is 2.20. The van der Waals surface area contributed by atoms with E-state index in [-0.39, 0.29) is 11.8 Å². The predicted octanol–water partition coefficient (Wildman–Crippen LogP) is 4.42. The Labute approximate surface area is 187 Å². The first-order chi connectivity index (χ1) is 15.1. The molecule has 3 aromatic rings. The number of nitrogens with one attached hydrogen (secondary N) is 1. The van der Waals surface area contributed by atoms with E-state index in [1.54, 1.807) is 11.8 Å². The second-order valence-corrected chi connectivity index (χ2v) is 9.19. The zero-order chi connectivity index (χ0) is 21.6. The molecule has 162 valence electrons. The van der Waals surface area contributed by atoms with Crippen molar-refractivity contribution in [3.63, 3.8) is 0 Å². The summed E-state index contributed by atoms with van der Waals surface area (Å²) in [6.45, 7) is 5.24. The van der Waals surface area contributed by atoms with Crippen molar-refractivity contribution in [2.24, 2.45) is 5.92 Å². The standard InChI is InChI=1S/C25H29N3O2S/c1-19-11-14-27(15-12-19)24(29)18-31-23-17-28(22-10-6-5-9-21(22)23)16-13-26-25(30)20-7-3-2-4-8-20/h2-10,17,19H,11-16,18H2,1H3,(H,26,30). The van der Waals surface area contributed by atoms with E-state index < -0.39 is 0 Å². The van der Waals surface area contributed by atoms with Crippen molar-refractivity contribution in [2.75, 3.05) is 25.4 Å². The van der Waals surface area contributed by atoms with Gasteiger partial charge in [0.2, 0.25) is 5.91 Å². The van der Waals surface area contributed by atoms with Crippen LogP contribution in [0.1, 0.15) is 30.1 Å². The Bertz CT molecular complexity index is 1040. The Morgan fingerprint density at radius 2 is 1.74 bits per heavy atom. The number of para-hydroxylation sites is 1. The van der Waals surface area contributed by atoms with Crippen LogP contribution in [0.25, 0.3) is 10.9 Å². The lowest BCUT2D eigenvalue weighted by Crippen LogP contribution is -2.38. The highest BCUT2D eigenvalue weighted by atomic mass is 32.2. The van der Waals surface area contributed by atoms with Crippen LogP contribution < -0.4 is 5.32 Å². The molecular weight excluding hydrogens is 406 g/mol. The van der Waals surface area contributed by atoms with Crippen LogP contribution in [0, 0.1) is 5.92 Å². The molecular formula is C25H29N3O2S. The summed E-state index contributed by atoms with van der Waals surface area (Å²) in [6, 6.07) is 17.5. The number of likely N-dealkylation sites (tertiary alicyclic amines) is 1. The lowest BCUT2D eigenvalue weighted by Gasteiger charge is -2.30. The molecule has 31 heavy (non-hydrogen) atoms. The van der Waals surface area contributed by atoms with Gasteiger partial charge in [-0.15, -0.1) is 11.8 Å². The van der Waals surface area contributed by atoms with E-state index in [1.807, 2.05) is 47.4 Å². The largest absolute Gasteiger partial charge is 0.350 e. The van der Waals surface area contributed by atoms with Crippen molar-refractivity contribution in [1.29, 1.82) is 0 Å². The van der Waals surface area contributed by atoms with Crippen molar-refractivity contribution in [3.05, 3.63) is 66.4 Å². The third-order valence-corrected chi connectivity index (χ3v) is 6.94. The van der Waals surface area contributed by atoms with E-state index in [0.29, 0.717) is 24.4 Å². The zero-order valence-corrected chi connectivity index (χ0v) is 18.7. The predicted molar refractivity (Wildman–Crippen MR) is 126 cm³/mol. The highest BCUT2D eigenvalue weighted by Crippen LogP contribution is 2.30. The van der Waals surface area contributed by atoms with Crippen molar-refractivity contribution in [2.45, 2.75) is 31.2 Å². The molecule has 1 aliphatic heterocycles. The van der Waals surface area contributed by atoms with Gasteiger partial charge < -0.3 is 14.8 Å². The van der Waals surface area contributed by atoms with Gasteiger partial charge in [-0.25, -0.2) is 0 Å². The van der Waals surface area contributed by atoms with Crippen molar-refractivity contribution in [1.82, 2.24) is 14.8 Å². The monoisotopic (exact) mass is 435 g/mol. The maximum atomic E-state index is 12.7. The molecule has 1 fully saturated rings. The summed E-state index contributed by atoms with van der Waals surface area (Å²) >= 11 is 1.61. The van der Waals surface area contributed by atoms with E-state index >= 15 is 0 Å². The van der Waals surface area contributed by atoms with Crippen LogP contribution in [0.15, 0.2) is 65.7 Å². The molecule has 0 unspecified atom stereocenters. The minimum Gasteiger partial charge on any atom is -0.350 e. The lowest BCUT2D eigenvalue weighted by atomic mass is 9.99. The second-order valence-electron chi connectivity index (χ2n) is 8.18. The molecule has 1 N–H and O–H groups in total. The van der Waals surface area contributed by atoms with Crippen LogP contribution in [-0.4, -0.2) is 46.7 Å². The third-order valence-electron chi connectivity index (χ3n) is 5.91. The fraction of sp³-hybridized carbons (Fsp3) is 0.360. The number of thioether (sulfide) groups is 1. The summed E-state index contributed by atoms with van der Waals surface area (Å²) in [6.07, 6.45) is 4.31. The normalized spacial score (nSPS) is 14.7. The molecule has 2 aromatic carbocycles. The van der Waals surface area contributed by atoms with E-state index in [0.717, 1.165) is 47.6 Å². The SMILES string of the molecule is CC1CCN(C(=O)CSc2cn(CCNC(=O)c3ccccc3)c3ccccc23)CC1. The molecule has 2 amide bonds. The number of hydrogen-bond donors (Lipinski definition) is 1. The van der Waals surface area contributed by atoms with Gasteiger partial charge >= 0.3 is 0 Å². The van der Waals surface area contributed by atoms with Crippen LogP contribution in [-0.2, 0) is 11.3 Å². The average molecular weight is 436 g/mol. The van der Waals surface area contributed by atoms with E-state index in [9.17, 15) is 9.59 Å². The maximum Gasteiger partial charge on any atom is 0.251 e. The summed E-state index contributed by atoms with van der Waals surface area (Å²) in [5, 5.41) is 4.15. The van der Waals surface area contributed by atoms with Gasteiger partial charge in [-0.1, -0.05) is 43.3 Å². The van der Waals surface area contributed by atoms with Crippen molar-refractivity contribution in [3.8, 4) is 0 Å². The minimum absolute atomic E-state index is 0.0619. The van der Waals surface area contributed by atoms with Gasteiger partial charge in [-0.3, -0.25) is 9.59 Å². The number of nitrogens with zero attached hydrogens (tertiary/aromatic N) is 2. The number of benzene rings is 2. The number of carbonyl (C=O) groups is 2. The number of hydrogen-bond acceptors (Lipinski definition) is 3. The number of amides is 2. The summed E-state index contributed by atoms with van der Waals surface area (Å²) in [5.74, 6) is 1.35. The molecule has 0 aliphatic carbocycles. The zero-order valence-electron chi connectivity index (χ0n) is 17.9. The first kappa shape index (κ1) is 21.5. The topological polar surface area (TPSA) is 54.3 Å². The third kappa shape index (κ3) is 5.31.